The number of hydrogen-bond acceptors (Lipinski definition) is 5. The number of likely N-dealkylation sites (tertiary alicyclic amines) is 1. The lowest BCUT2D eigenvalue weighted by Crippen LogP contribution is -2.49. The van der Waals surface area contributed by atoms with Crippen LogP contribution in [0.1, 0.15) is 41.6 Å². The molecular weight excluding hydrogens is 481 g/mol. The van der Waals surface area contributed by atoms with Crippen LogP contribution in [0.15, 0.2) is 36.5 Å². The van der Waals surface area contributed by atoms with E-state index in [9.17, 15) is 18.0 Å². The number of piperazine rings is 1. The van der Waals surface area contributed by atoms with E-state index >= 15 is 0 Å². The Morgan fingerprint density at radius 2 is 1.69 bits per heavy atom. The number of benzene rings is 1. The predicted octanol–water partition coefficient (Wildman–Crippen LogP) is 4.97. The highest BCUT2D eigenvalue weighted by molar-refractivity contribution is 6.33. The molecule has 0 atom stereocenters. The maximum absolute atomic E-state index is 12.9. The van der Waals surface area contributed by atoms with E-state index in [4.69, 9.17) is 16.3 Å². The average Bonchev–Trinajstić information content (AvgIpc) is 2.87. The standard InChI is InChI=1S/C25H30ClF3N4O2/c26-22-17-20(25(27,28)29)18-30-23(22)32-12-14-33(15-13-32)24(34)19-5-7-21(8-6-19)35-16-4-11-31-9-2-1-3-10-31/h5-8,17-18H,1-4,9-16H2. The number of nitrogens with zero attached hydrogens (tertiary/aromatic N) is 4. The van der Waals surface area contributed by atoms with Gasteiger partial charge in [-0.25, -0.2) is 4.98 Å². The first-order valence-corrected chi connectivity index (χ1v) is 12.4. The quantitative estimate of drug-likeness (QED) is 0.492. The van der Waals surface area contributed by atoms with Crippen molar-refractivity contribution in [2.45, 2.75) is 31.9 Å². The van der Waals surface area contributed by atoms with Gasteiger partial charge in [-0.05, 0) is 62.7 Å². The molecular formula is C25H30ClF3N4O2. The summed E-state index contributed by atoms with van der Waals surface area (Å²) < 4.78 is 44.4. The molecule has 10 heteroatoms. The van der Waals surface area contributed by atoms with Crippen LogP contribution in [0.3, 0.4) is 0 Å². The number of carbonyl (C=O) groups excluding carboxylic acids is 1. The Bertz CT molecular complexity index is 989. The Balaban J connectivity index is 1.24. The van der Waals surface area contributed by atoms with Gasteiger partial charge in [-0.15, -0.1) is 0 Å². The van der Waals surface area contributed by atoms with Gasteiger partial charge in [0.15, 0.2) is 0 Å². The Morgan fingerprint density at radius 1 is 1.00 bits per heavy atom. The Hall–Kier alpha value is -2.52. The summed E-state index contributed by atoms with van der Waals surface area (Å²) in [6, 6.07) is 8.05. The van der Waals surface area contributed by atoms with Crippen LogP contribution < -0.4 is 9.64 Å². The zero-order valence-electron chi connectivity index (χ0n) is 19.6. The van der Waals surface area contributed by atoms with Gasteiger partial charge in [0.05, 0.1) is 17.2 Å². The van der Waals surface area contributed by atoms with Crippen molar-refractivity contribution in [1.82, 2.24) is 14.8 Å². The SMILES string of the molecule is O=C(c1ccc(OCCCN2CCCCC2)cc1)N1CCN(c2ncc(C(F)(F)F)cc2Cl)CC1. The molecule has 6 nitrogen and oxygen atoms in total. The van der Waals surface area contributed by atoms with Crippen LogP contribution in [0.5, 0.6) is 5.75 Å². The zero-order valence-corrected chi connectivity index (χ0v) is 20.3. The molecule has 1 amide bonds. The van der Waals surface area contributed by atoms with E-state index in [1.54, 1.807) is 21.9 Å². The average molecular weight is 511 g/mol. The first kappa shape index (κ1) is 25.6. The molecule has 190 valence electrons. The molecule has 1 aromatic carbocycles. The number of carbonyl (C=O) groups is 1. The molecule has 2 fully saturated rings. The van der Waals surface area contributed by atoms with Gasteiger partial charge in [0, 0.05) is 44.5 Å². The van der Waals surface area contributed by atoms with E-state index in [0.29, 0.717) is 44.2 Å². The van der Waals surface area contributed by atoms with Crippen LogP contribution in [-0.4, -0.2) is 73.1 Å². The summed E-state index contributed by atoms with van der Waals surface area (Å²) in [5.74, 6) is 0.953. The van der Waals surface area contributed by atoms with E-state index in [1.807, 2.05) is 12.1 Å². The molecule has 0 spiro atoms. The smallest absolute Gasteiger partial charge is 0.417 e. The van der Waals surface area contributed by atoms with E-state index in [0.717, 1.165) is 31.0 Å². The molecule has 35 heavy (non-hydrogen) atoms. The highest BCUT2D eigenvalue weighted by atomic mass is 35.5. The van der Waals surface area contributed by atoms with Crippen LogP contribution in [0.25, 0.3) is 0 Å². The first-order chi connectivity index (χ1) is 16.8. The van der Waals surface area contributed by atoms with Crippen molar-refractivity contribution in [1.29, 1.82) is 0 Å². The van der Waals surface area contributed by atoms with Gasteiger partial charge in [-0.2, -0.15) is 13.2 Å². The van der Waals surface area contributed by atoms with E-state index in [1.165, 1.54) is 32.4 Å². The van der Waals surface area contributed by atoms with E-state index < -0.39 is 11.7 Å². The van der Waals surface area contributed by atoms with E-state index in [2.05, 4.69) is 9.88 Å². The normalized spacial score (nSPS) is 17.5. The number of rotatable bonds is 7. The van der Waals surface area contributed by atoms with Gasteiger partial charge in [-0.1, -0.05) is 18.0 Å². The fourth-order valence-electron chi connectivity index (χ4n) is 4.48. The lowest BCUT2D eigenvalue weighted by atomic mass is 10.1. The van der Waals surface area contributed by atoms with Crippen LogP contribution in [0.4, 0.5) is 19.0 Å². The molecule has 0 radical (unpaired) electrons. The second-order valence-electron chi connectivity index (χ2n) is 8.94. The summed E-state index contributed by atoms with van der Waals surface area (Å²) in [4.78, 5) is 22.8. The number of pyridine rings is 1. The number of anilines is 1. The summed E-state index contributed by atoms with van der Waals surface area (Å²) in [6.45, 7) is 5.77. The molecule has 3 heterocycles. The third kappa shape index (κ3) is 6.79. The molecule has 1 aromatic heterocycles. The second kappa shape index (κ2) is 11.5. The Kier molecular flexibility index (Phi) is 8.38. The number of amides is 1. The predicted molar refractivity (Wildman–Crippen MR) is 129 cm³/mol. The van der Waals surface area contributed by atoms with Crippen molar-refractivity contribution in [2.24, 2.45) is 0 Å². The van der Waals surface area contributed by atoms with Crippen LogP contribution >= 0.6 is 11.6 Å². The molecule has 4 rings (SSSR count). The fraction of sp³-hybridized carbons (Fsp3) is 0.520. The van der Waals surface area contributed by atoms with Crippen LogP contribution in [-0.2, 0) is 6.18 Å². The first-order valence-electron chi connectivity index (χ1n) is 12.0. The highest BCUT2D eigenvalue weighted by Gasteiger charge is 2.32. The zero-order chi connectivity index (χ0) is 24.8. The van der Waals surface area contributed by atoms with Gasteiger partial charge in [0.2, 0.25) is 0 Å². The van der Waals surface area contributed by atoms with Crippen LogP contribution in [0, 0.1) is 0 Å². The van der Waals surface area contributed by atoms with Gasteiger partial charge in [0.25, 0.3) is 5.91 Å². The monoisotopic (exact) mass is 510 g/mol. The van der Waals surface area contributed by atoms with Crippen molar-refractivity contribution in [3.63, 3.8) is 0 Å². The number of alkyl halides is 3. The lowest BCUT2D eigenvalue weighted by molar-refractivity contribution is -0.137. The third-order valence-electron chi connectivity index (χ3n) is 6.45. The molecule has 0 aliphatic carbocycles. The van der Waals surface area contributed by atoms with Crippen LogP contribution in [0.2, 0.25) is 5.02 Å². The van der Waals surface area contributed by atoms with Crippen molar-refractivity contribution < 1.29 is 22.7 Å². The minimum absolute atomic E-state index is 0.0499. The molecule has 2 aliphatic heterocycles. The molecule has 0 unspecified atom stereocenters. The highest BCUT2D eigenvalue weighted by Crippen LogP contribution is 2.33. The van der Waals surface area contributed by atoms with Crippen molar-refractivity contribution in [3.8, 4) is 5.75 Å². The maximum atomic E-state index is 12.9. The molecule has 0 saturated carbocycles. The van der Waals surface area contributed by atoms with E-state index in [-0.39, 0.29) is 10.9 Å². The number of hydrogen-bond donors (Lipinski definition) is 0. The van der Waals surface area contributed by atoms with Gasteiger partial charge in [0.1, 0.15) is 11.6 Å². The maximum Gasteiger partial charge on any atom is 0.417 e. The third-order valence-corrected chi connectivity index (χ3v) is 6.73. The number of piperidine rings is 1. The fourth-order valence-corrected chi connectivity index (χ4v) is 4.76. The summed E-state index contributed by atoms with van der Waals surface area (Å²) in [7, 11) is 0. The topological polar surface area (TPSA) is 48.9 Å². The molecule has 2 aromatic rings. The molecule has 0 N–H and O–H groups in total. The molecule has 2 saturated heterocycles. The van der Waals surface area contributed by atoms with Gasteiger partial charge >= 0.3 is 6.18 Å². The minimum Gasteiger partial charge on any atom is -0.494 e. The summed E-state index contributed by atoms with van der Waals surface area (Å²) in [5.41, 5.74) is -0.306. The summed E-state index contributed by atoms with van der Waals surface area (Å²) in [6.07, 6.45) is 1.17. The number of halogens is 4. The molecule has 2 aliphatic rings. The van der Waals surface area contributed by atoms with Crippen molar-refractivity contribution in [3.05, 3.63) is 52.7 Å². The molecule has 0 bridgehead atoms. The minimum atomic E-state index is -4.49. The summed E-state index contributed by atoms with van der Waals surface area (Å²) >= 11 is 6.06. The number of ether oxygens (including phenoxy) is 1. The van der Waals surface area contributed by atoms with Crippen molar-refractivity contribution in [2.75, 3.05) is 57.3 Å². The van der Waals surface area contributed by atoms with Gasteiger partial charge in [-0.3, -0.25) is 4.79 Å². The Labute approximate surface area is 208 Å². The summed E-state index contributed by atoms with van der Waals surface area (Å²) in [5, 5.41) is -0.0499. The lowest BCUT2D eigenvalue weighted by Gasteiger charge is -2.35. The number of aromatic nitrogens is 1. The Morgan fingerprint density at radius 3 is 2.31 bits per heavy atom. The second-order valence-corrected chi connectivity index (χ2v) is 9.34. The van der Waals surface area contributed by atoms with Crippen molar-refractivity contribution >= 4 is 23.3 Å². The van der Waals surface area contributed by atoms with Gasteiger partial charge < -0.3 is 19.4 Å². The largest absolute Gasteiger partial charge is 0.494 e.